The number of carbonyl (C=O) groups is 1. The Morgan fingerprint density at radius 3 is 2.61 bits per heavy atom. The largest absolute Gasteiger partial charge is 0.486 e. The van der Waals surface area contributed by atoms with Crippen LogP contribution in [0.4, 0.5) is 0 Å². The summed E-state index contributed by atoms with van der Waals surface area (Å²) >= 11 is 0. The van der Waals surface area contributed by atoms with Gasteiger partial charge in [0, 0.05) is 12.2 Å². The number of nitrogens with zero attached hydrogens (tertiary/aromatic N) is 3. The van der Waals surface area contributed by atoms with Crippen LogP contribution in [0.2, 0.25) is 0 Å². The summed E-state index contributed by atoms with van der Waals surface area (Å²) in [5.74, 6) is 1.10. The molecule has 1 N–H and O–H groups in total. The first-order valence-electron chi connectivity index (χ1n) is 10.6. The average Bonchev–Trinajstić information content (AvgIpc) is 3.42. The van der Waals surface area contributed by atoms with Gasteiger partial charge in [-0.25, -0.2) is 0 Å². The van der Waals surface area contributed by atoms with E-state index in [1.807, 2.05) is 30.7 Å². The van der Waals surface area contributed by atoms with Crippen molar-refractivity contribution < 1.29 is 13.9 Å². The fourth-order valence-corrected chi connectivity index (χ4v) is 3.47. The molecule has 2 aromatic heterocycles. The van der Waals surface area contributed by atoms with Gasteiger partial charge >= 0.3 is 0 Å². The predicted molar refractivity (Wildman–Crippen MR) is 123 cm³/mol. The Morgan fingerprint density at radius 2 is 1.88 bits per heavy atom. The molecule has 0 unspecified atom stereocenters. The lowest BCUT2D eigenvalue weighted by Gasteiger charge is -2.08. The minimum absolute atomic E-state index is 0.188. The summed E-state index contributed by atoms with van der Waals surface area (Å²) in [7, 11) is 0. The van der Waals surface area contributed by atoms with Crippen LogP contribution in [0.25, 0.3) is 0 Å². The fraction of sp³-hybridized carbons (Fsp3) is 0.192. The van der Waals surface area contributed by atoms with Gasteiger partial charge in [-0.3, -0.25) is 9.48 Å². The van der Waals surface area contributed by atoms with Gasteiger partial charge in [0.1, 0.15) is 18.1 Å². The van der Waals surface area contributed by atoms with Crippen molar-refractivity contribution in [3.05, 3.63) is 106 Å². The number of benzene rings is 2. The molecule has 0 saturated heterocycles. The quantitative estimate of drug-likeness (QED) is 0.435. The van der Waals surface area contributed by atoms with Gasteiger partial charge in [0.25, 0.3) is 5.91 Å². The van der Waals surface area contributed by atoms with Crippen molar-refractivity contribution in [1.82, 2.24) is 15.1 Å². The van der Waals surface area contributed by atoms with Crippen LogP contribution < -0.4 is 10.1 Å². The summed E-state index contributed by atoms with van der Waals surface area (Å²) in [6.45, 7) is 5.28. The highest BCUT2D eigenvalue weighted by Gasteiger charge is 2.12. The second-order valence-corrected chi connectivity index (χ2v) is 7.78. The Balaban J connectivity index is 1.30. The highest BCUT2D eigenvalue weighted by atomic mass is 16.5. The monoisotopic (exact) mass is 440 g/mol. The third kappa shape index (κ3) is 5.69. The Morgan fingerprint density at radius 1 is 1.09 bits per heavy atom. The van der Waals surface area contributed by atoms with E-state index in [4.69, 9.17) is 14.4 Å². The number of furan rings is 1. The number of hydrogen-bond acceptors (Lipinski definition) is 5. The molecule has 7 heteroatoms. The molecule has 4 rings (SSSR count). The van der Waals surface area contributed by atoms with Gasteiger partial charge in [-0.15, -0.1) is 0 Å². The maximum Gasteiger partial charge on any atom is 0.287 e. The highest BCUT2D eigenvalue weighted by Crippen LogP contribution is 2.16. The van der Waals surface area contributed by atoms with Crippen LogP contribution in [0.15, 0.2) is 71.1 Å². The minimum Gasteiger partial charge on any atom is -0.486 e. The number of amides is 1. The van der Waals surface area contributed by atoms with Gasteiger partial charge in [-0.05, 0) is 67.4 Å². The molecule has 7 nitrogen and oxygen atoms in total. The van der Waals surface area contributed by atoms with E-state index in [1.165, 1.54) is 0 Å². The van der Waals surface area contributed by atoms with Gasteiger partial charge in [0.2, 0.25) is 0 Å². The average molecular weight is 441 g/mol. The molecule has 0 radical (unpaired) electrons. The molecule has 2 aromatic carbocycles. The normalized spacial score (nSPS) is 10.6. The number of hydrogen-bond donors (Lipinski definition) is 1. The maximum atomic E-state index is 12.5. The Labute approximate surface area is 192 Å². The van der Waals surface area contributed by atoms with Gasteiger partial charge < -0.3 is 14.5 Å². The van der Waals surface area contributed by atoms with Crippen molar-refractivity contribution >= 4 is 5.91 Å². The molecule has 0 bridgehead atoms. The molecule has 0 spiro atoms. The zero-order chi connectivity index (χ0) is 23.2. The molecule has 0 aliphatic rings. The van der Waals surface area contributed by atoms with Gasteiger partial charge in [0.15, 0.2) is 5.76 Å². The number of rotatable bonds is 8. The summed E-state index contributed by atoms with van der Waals surface area (Å²) in [5.41, 5.74) is 4.79. The van der Waals surface area contributed by atoms with Gasteiger partial charge in [-0.2, -0.15) is 10.4 Å². The van der Waals surface area contributed by atoms with Crippen LogP contribution in [-0.2, 0) is 19.7 Å². The predicted octanol–water partition coefficient (Wildman–Crippen LogP) is 4.52. The molecular weight excluding hydrogens is 416 g/mol. The van der Waals surface area contributed by atoms with Crippen molar-refractivity contribution in [3.8, 4) is 11.8 Å². The third-order valence-corrected chi connectivity index (χ3v) is 5.13. The number of nitrogens with one attached hydrogen (secondary N) is 1. The lowest BCUT2D eigenvalue weighted by molar-refractivity contribution is 0.0919. The molecule has 0 aliphatic carbocycles. The summed E-state index contributed by atoms with van der Waals surface area (Å²) in [4.78, 5) is 12.5. The number of ether oxygens (including phenoxy) is 1. The van der Waals surface area contributed by atoms with Crippen LogP contribution in [0, 0.1) is 25.2 Å². The van der Waals surface area contributed by atoms with Crippen LogP contribution in [0.1, 0.15) is 44.4 Å². The molecule has 0 fully saturated rings. The lowest BCUT2D eigenvalue weighted by Crippen LogP contribution is -2.22. The van der Waals surface area contributed by atoms with Crippen LogP contribution in [-0.4, -0.2) is 15.7 Å². The summed E-state index contributed by atoms with van der Waals surface area (Å²) in [5, 5.41) is 16.2. The molecule has 33 heavy (non-hydrogen) atoms. The molecule has 2 heterocycles. The molecule has 166 valence electrons. The molecular formula is C26H24N4O3. The van der Waals surface area contributed by atoms with E-state index < -0.39 is 0 Å². The van der Waals surface area contributed by atoms with Crippen molar-refractivity contribution in [1.29, 1.82) is 5.26 Å². The number of aromatic nitrogens is 2. The topological polar surface area (TPSA) is 93.1 Å². The van der Waals surface area contributed by atoms with E-state index in [0.717, 1.165) is 22.5 Å². The number of aryl methyl sites for hydroxylation is 2. The summed E-state index contributed by atoms with van der Waals surface area (Å²) in [6.07, 6.45) is 0. The zero-order valence-corrected chi connectivity index (χ0v) is 18.5. The Bertz CT molecular complexity index is 1300. The van der Waals surface area contributed by atoms with E-state index in [2.05, 4.69) is 34.7 Å². The van der Waals surface area contributed by atoms with Crippen molar-refractivity contribution in [3.63, 3.8) is 0 Å². The number of nitriles is 1. The molecule has 1 amide bonds. The Hall–Kier alpha value is -4.31. The van der Waals surface area contributed by atoms with Crippen LogP contribution in [0.5, 0.6) is 5.75 Å². The molecule has 0 atom stereocenters. The standard InChI is InChI=1S/C26H24N4O3/c1-18-12-19(2)30(29-18)16-22-5-3-4-21(13-22)15-28-26(31)25-11-10-24(33-25)17-32-23-8-6-20(14-27)7-9-23/h3-13H,15-17H2,1-2H3,(H,28,31). The first kappa shape index (κ1) is 21.9. The smallest absolute Gasteiger partial charge is 0.287 e. The van der Waals surface area contributed by atoms with Crippen molar-refractivity contribution in [2.24, 2.45) is 0 Å². The molecule has 4 aromatic rings. The minimum atomic E-state index is -0.288. The first-order valence-corrected chi connectivity index (χ1v) is 10.6. The molecule has 0 aliphatic heterocycles. The fourth-order valence-electron chi connectivity index (χ4n) is 3.47. The second kappa shape index (κ2) is 9.88. The third-order valence-electron chi connectivity index (χ3n) is 5.13. The van der Waals surface area contributed by atoms with E-state index in [9.17, 15) is 4.79 Å². The Kier molecular flexibility index (Phi) is 6.56. The van der Waals surface area contributed by atoms with Crippen molar-refractivity contribution in [2.45, 2.75) is 33.5 Å². The summed E-state index contributed by atoms with van der Waals surface area (Å²) in [6, 6.07) is 22.3. The van der Waals surface area contributed by atoms with E-state index in [0.29, 0.717) is 30.2 Å². The molecule has 0 saturated carbocycles. The lowest BCUT2D eigenvalue weighted by atomic mass is 10.1. The van der Waals surface area contributed by atoms with Crippen molar-refractivity contribution in [2.75, 3.05) is 0 Å². The summed E-state index contributed by atoms with van der Waals surface area (Å²) < 4.78 is 13.2. The highest BCUT2D eigenvalue weighted by molar-refractivity contribution is 5.91. The zero-order valence-electron chi connectivity index (χ0n) is 18.5. The number of carbonyl (C=O) groups excluding carboxylic acids is 1. The van der Waals surface area contributed by atoms with Gasteiger partial charge in [0.05, 0.1) is 23.9 Å². The first-order chi connectivity index (χ1) is 16.0. The van der Waals surface area contributed by atoms with E-state index >= 15 is 0 Å². The SMILES string of the molecule is Cc1cc(C)n(Cc2cccc(CNC(=O)c3ccc(COc4ccc(C#N)cc4)o3)c2)n1. The second-order valence-electron chi connectivity index (χ2n) is 7.78. The van der Waals surface area contributed by atoms with E-state index in [1.54, 1.807) is 36.4 Å². The van der Waals surface area contributed by atoms with Gasteiger partial charge in [-0.1, -0.05) is 24.3 Å². The van der Waals surface area contributed by atoms with Crippen LogP contribution in [0.3, 0.4) is 0 Å². The van der Waals surface area contributed by atoms with Crippen LogP contribution >= 0.6 is 0 Å². The van der Waals surface area contributed by atoms with E-state index in [-0.39, 0.29) is 18.3 Å². The maximum absolute atomic E-state index is 12.5.